The molecule has 1 aliphatic carbocycles. The zero-order valence-electron chi connectivity index (χ0n) is 21.0. The van der Waals surface area contributed by atoms with Crippen molar-refractivity contribution in [3.8, 4) is 5.82 Å². The van der Waals surface area contributed by atoms with Crippen LogP contribution in [0.1, 0.15) is 51.8 Å². The molecule has 0 atom stereocenters. The van der Waals surface area contributed by atoms with Crippen molar-refractivity contribution < 1.29 is 13.5 Å². The molecule has 0 amide bonds. The van der Waals surface area contributed by atoms with Gasteiger partial charge in [-0.05, 0) is 43.7 Å². The molecular weight excluding hydrogens is 464 g/mol. The van der Waals surface area contributed by atoms with E-state index in [1.807, 2.05) is 6.07 Å². The molecule has 0 bridgehead atoms. The van der Waals surface area contributed by atoms with E-state index in [-0.39, 0.29) is 5.82 Å². The minimum Gasteiger partial charge on any atom is -0.378 e. The monoisotopic (exact) mass is 499 g/mol. The Balaban J connectivity index is 1.42. The maximum atomic E-state index is 14.0. The molecule has 194 valence electrons. The third-order valence-corrected chi connectivity index (χ3v) is 7.01. The lowest BCUT2D eigenvalue weighted by Gasteiger charge is -2.31. The Bertz CT molecular complexity index is 1150. The van der Waals surface area contributed by atoms with Crippen LogP contribution in [0.5, 0.6) is 0 Å². The van der Waals surface area contributed by atoms with Crippen LogP contribution in [0.15, 0.2) is 30.3 Å². The van der Waals surface area contributed by atoms with Crippen molar-refractivity contribution in [2.24, 2.45) is 5.92 Å². The molecule has 3 aromatic rings. The average Bonchev–Trinajstić information content (AvgIpc) is 3.29. The minimum absolute atomic E-state index is 0.315. The second-order valence-electron chi connectivity index (χ2n) is 10.0. The fraction of sp³-hybridized carbons (Fsp3) is 0.577. The standard InChI is InChI=1S/C26H35F2N7O/c1-17(2)30-19-9-7-18(8-10-19)16-29-26-32-22(34-11-13-36-14-12-34)15-23(33-26)35-21-6-4-3-5-20(21)31-25(35)24(27)28/h3-6,15,17-19,24,30H,7-14,16H2,1-2H3,(H,29,32,33)/t18-,19-. The molecule has 0 spiro atoms. The van der Waals surface area contributed by atoms with Crippen molar-refractivity contribution in [2.45, 2.75) is 58.0 Å². The molecule has 5 rings (SSSR count). The van der Waals surface area contributed by atoms with Gasteiger partial charge >= 0.3 is 0 Å². The third kappa shape index (κ3) is 5.59. The Morgan fingerprint density at radius 3 is 2.44 bits per heavy atom. The number of hydrogen-bond acceptors (Lipinski definition) is 7. The Hall–Kier alpha value is -2.85. The number of ether oxygens (including phenoxy) is 1. The number of aromatic nitrogens is 4. The highest BCUT2D eigenvalue weighted by Crippen LogP contribution is 2.30. The van der Waals surface area contributed by atoms with Crippen LogP contribution in [0.3, 0.4) is 0 Å². The van der Waals surface area contributed by atoms with E-state index in [0.29, 0.717) is 72.9 Å². The van der Waals surface area contributed by atoms with Crippen LogP contribution >= 0.6 is 0 Å². The van der Waals surface area contributed by atoms with Crippen molar-refractivity contribution >= 4 is 22.8 Å². The number of benzene rings is 1. The summed E-state index contributed by atoms with van der Waals surface area (Å²) in [5.74, 6) is 1.76. The molecule has 1 saturated carbocycles. The van der Waals surface area contributed by atoms with E-state index < -0.39 is 6.43 Å². The number of hydrogen-bond donors (Lipinski definition) is 2. The molecule has 2 N–H and O–H groups in total. The van der Waals surface area contributed by atoms with E-state index in [1.54, 1.807) is 24.3 Å². The van der Waals surface area contributed by atoms with E-state index in [4.69, 9.17) is 14.7 Å². The summed E-state index contributed by atoms with van der Waals surface area (Å²) in [6, 6.07) is 10.0. The number of anilines is 2. The zero-order chi connectivity index (χ0) is 25.1. The topological polar surface area (TPSA) is 80.1 Å². The van der Waals surface area contributed by atoms with Crippen molar-refractivity contribution in [3.05, 3.63) is 36.2 Å². The largest absolute Gasteiger partial charge is 0.378 e. The van der Waals surface area contributed by atoms with Crippen molar-refractivity contribution in [1.29, 1.82) is 0 Å². The maximum Gasteiger partial charge on any atom is 0.296 e. The van der Waals surface area contributed by atoms with Gasteiger partial charge < -0.3 is 20.3 Å². The van der Waals surface area contributed by atoms with Crippen LogP contribution in [-0.4, -0.2) is 64.5 Å². The van der Waals surface area contributed by atoms with E-state index >= 15 is 0 Å². The number of alkyl halides is 2. The fourth-order valence-electron chi connectivity index (χ4n) is 5.24. The summed E-state index contributed by atoms with van der Waals surface area (Å²) in [7, 11) is 0. The predicted octanol–water partition coefficient (Wildman–Crippen LogP) is 4.56. The normalized spacial score (nSPS) is 21.0. The summed E-state index contributed by atoms with van der Waals surface area (Å²) in [6.07, 6.45) is 1.85. The molecule has 3 heterocycles. The number of nitrogens with zero attached hydrogens (tertiary/aromatic N) is 5. The smallest absolute Gasteiger partial charge is 0.296 e. The number of morpholine rings is 1. The van der Waals surface area contributed by atoms with Crippen molar-refractivity contribution in [1.82, 2.24) is 24.8 Å². The highest BCUT2D eigenvalue weighted by Gasteiger charge is 2.24. The highest BCUT2D eigenvalue weighted by molar-refractivity contribution is 5.78. The van der Waals surface area contributed by atoms with Gasteiger partial charge in [0, 0.05) is 37.8 Å². The first kappa shape index (κ1) is 24.8. The van der Waals surface area contributed by atoms with E-state index in [1.165, 1.54) is 4.57 Å². The number of halogens is 2. The Labute approximate surface area is 210 Å². The first-order valence-electron chi connectivity index (χ1n) is 13.0. The van der Waals surface area contributed by atoms with Crippen molar-refractivity contribution in [3.63, 3.8) is 0 Å². The number of fused-ring (bicyclic) bond motifs is 1. The van der Waals surface area contributed by atoms with Crippen molar-refractivity contribution in [2.75, 3.05) is 43.1 Å². The number of rotatable bonds is 8. The molecular formula is C26H35F2N7O. The van der Waals surface area contributed by atoms with Gasteiger partial charge in [-0.3, -0.25) is 4.57 Å². The molecule has 1 aromatic carbocycles. The summed E-state index contributed by atoms with van der Waals surface area (Å²) < 4.78 is 35.0. The van der Waals surface area contributed by atoms with Gasteiger partial charge in [0.05, 0.1) is 24.2 Å². The van der Waals surface area contributed by atoms with Crippen LogP contribution in [0.2, 0.25) is 0 Å². The van der Waals surface area contributed by atoms with Gasteiger partial charge in [0.1, 0.15) is 11.6 Å². The fourth-order valence-corrected chi connectivity index (χ4v) is 5.24. The summed E-state index contributed by atoms with van der Waals surface area (Å²) in [4.78, 5) is 15.8. The van der Waals surface area contributed by atoms with Crippen LogP contribution in [0.4, 0.5) is 20.5 Å². The molecule has 1 aliphatic heterocycles. The van der Waals surface area contributed by atoms with Gasteiger partial charge in [0.25, 0.3) is 6.43 Å². The molecule has 0 radical (unpaired) electrons. The van der Waals surface area contributed by atoms with Crippen LogP contribution in [0.25, 0.3) is 16.9 Å². The van der Waals surface area contributed by atoms with Gasteiger partial charge in [0.15, 0.2) is 5.82 Å². The molecule has 10 heteroatoms. The molecule has 2 fully saturated rings. The Morgan fingerprint density at radius 1 is 1.00 bits per heavy atom. The van der Waals surface area contributed by atoms with Crippen LogP contribution in [-0.2, 0) is 4.74 Å². The first-order chi connectivity index (χ1) is 17.5. The quantitative estimate of drug-likeness (QED) is 0.470. The summed E-state index contributed by atoms with van der Waals surface area (Å²) in [5.41, 5.74) is 1.11. The second kappa shape index (κ2) is 11.0. The SMILES string of the molecule is CC(C)N[C@H]1CC[C@H](CNc2nc(N3CCOCC3)cc(-n3c(C(F)F)nc4ccccc43)n2)CC1. The lowest BCUT2D eigenvalue weighted by molar-refractivity contribution is 0.122. The third-order valence-electron chi connectivity index (χ3n) is 7.01. The Morgan fingerprint density at radius 2 is 1.72 bits per heavy atom. The molecule has 2 aliphatic rings. The first-order valence-corrected chi connectivity index (χ1v) is 13.0. The number of nitrogens with one attached hydrogen (secondary N) is 2. The van der Waals surface area contributed by atoms with Gasteiger partial charge in [-0.15, -0.1) is 0 Å². The minimum atomic E-state index is -2.73. The zero-order valence-corrected chi connectivity index (χ0v) is 21.0. The average molecular weight is 500 g/mol. The molecule has 0 unspecified atom stereocenters. The van der Waals surface area contributed by atoms with Crippen LogP contribution in [0, 0.1) is 5.92 Å². The van der Waals surface area contributed by atoms with Gasteiger partial charge in [-0.1, -0.05) is 26.0 Å². The number of para-hydroxylation sites is 2. The lowest BCUT2D eigenvalue weighted by Crippen LogP contribution is -2.38. The Kier molecular flexibility index (Phi) is 7.62. The number of imidazole rings is 1. The summed E-state index contributed by atoms with van der Waals surface area (Å²) in [6.45, 7) is 7.72. The van der Waals surface area contributed by atoms with Crippen LogP contribution < -0.4 is 15.5 Å². The maximum absolute atomic E-state index is 14.0. The highest BCUT2D eigenvalue weighted by atomic mass is 19.3. The van der Waals surface area contributed by atoms with Gasteiger partial charge in [0.2, 0.25) is 5.95 Å². The van der Waals surface area contributed by atoms with E-state index in [0.717, 1.165) is 32.2 Å². The summed E-state index contributed by atoms with van der Waals surface area (Å²) >= 11 is 0. The molecule has 36 heavy (non-hydrogen) atoms. The predicted molar refractivity (Wildman–Crippen MR) is 137 cm³/mol. The molecule has 1 saturated heterocycles. The van der Waals surface area contributed by atoms with E-state index in [9.17, 15) is 8.78 Å². The lowest BCUT2D eigenvalue weighted by atomic mass is 9.86. The second-order valence-corrected chi connectivity index (χ2v) is 10.0. The molecule has 2 aromatic heterocycles. The van der Waals surface area contributed by atoms with E-state index in [2.05, 4.69) is 34.4 Å². The summed E-state index contributed by atoms with van der Waals surface area (Å²) in [5, 5.41) is 7.07. The molecule has 8 nitrogen and oxygen atoms in total. The van der Waals surface area contributed by atoms with Gasteiger partial charge in [-0.25, -0.2) is 13.8 Å². The van der Waals surface area contributed by atoms with Gasteiger partial charge in [-0.2, -0.15) is 9.97 Å².